The molecule has 0 aliphatic heterocycles. The molecule has 27 heavy (non-hydrogen) atoms. The molecule has 0 aliphatic rings. The maximum absolute atomic E-state index is 11.5. The van der Waals surface area contributed by atoms with E-state index in [2.05, 4.69) is 5.10 Å². The van der Waals surface area contributed by atoms with E-state index in [0.717, 1.165) is 27.7 Å². The first-order valence-corrected chi connectivity index (χ1v) is 9.00. The molecule has 2 aromatic heterocycles. The third-order valence-corrected chi connectivity index (χ3v) is 4.78. The van der Waals surface area contributed by atoms with Gasteiger partial charge < -0.3 is 14.3 Å². The topological polar surface area (TPSA) is 77.5 Å². The van der Waals surface area contributed by atoms with Crippen molar-refractivity contribution in [1.82, 2.24) is 9.78 Å². The third-order valence-electron chi connectivity index (χ3n) is 4.18. The zero-order valence-corrected chi connectivity index (χ0v) is 16.2. The van der Waals surface area contributed by atoms with E-state index < -0.39 is 5.97 Å². The summed E-state index contributed by atoms with van der Waals surface area (Å²) in [5, 5.41) is 14.5. The molecule has 7 heteroatoms. The van der Waals surface area contributed by atoms with Crippen LogP contribution in [0, 0.1) is 20.8 Å². The number of carbonyl (C=O) groups is 1. The zero-order valence-electron chi connectivity index (χ0n) is 15.5. The van der Waals surface area contributed by atoms with Gasteiger partial charge in [-0.3, -0.25) is 4.68 Å². The predicted molar refractivity (Wildman–Crippen MR) is 103 cm³/mol. The number of benzene rings is 1. The fourth-order valence-electron chi connectivity index (χ4n) is 2.85. The lowest BCUT2D eigenvalue weighted by Gasteiger charge is -2.10. The standard InChI is InChI=1S/C20H21ClN2O4/c1-12-9-15(10-13(2)19(12)21)26-8-4-7-23-17(20(24)25)11-16(22-23)18-6-5-14(3)27-18/h5-6,9-11H,4,7-8H2,1-3H3,(H,24,25). The summed E-state index contributed by atoms with van der Waals surface area (Å²) in [7, 11) is 0. The predicted octanol–water partition coefficient (Wildman–Crippen LogP) is 4.89. The van der Waals surface area contributed by atoms with E-state index in [1.54, 1.807) is 6.07 Å². The van der Waals surface area contributed by atoms with Gasteiger partial charge in [-0.05, 0) is 56.2 Å². The number of carboxylic acids is 1. The fourth-order valence-corrected chi connectivity index (χ4v) is 2.95. The molecular weight excluding hydrogens is 368 g/mol. The molecule has 0 bridgehead atoms. The molecule has 0 spiro atoms. The number of nitrogens with zero attached hydrogens (tertiary/aromatic N) is 2. The second-order valence-corrected chi connectivity index (χ2v) is 6.80. The van der Waals surface area contributed by atoms with Gasteiger partial charge in [0.05, 0.1) is 6.61 Å². The second-order valence-electron chi connectivity index (χ2n) is 6.43. The minimum Gasteiger partial charge on any atom is -0.494 e. The van der Waals surface area contributed by atoms with Gasteiger partial charge in [-0.1, -0.05) is 11.6 Å². The summed E-state index contributed by atoms with van der Waals surface area (Å²) in [6.07, 6.45) is 0.610. The van der Waals surface area contributed by atoms with Crippen LogP contribution in [-0.4, -0.2) is 27.5 Å². The van der Waals surface area contributed by atoms with E-state index >= 15 is 0 Å². The van der Waals surface area contributed by atoms with Crippen LogP contribution in [0.3, 0.4) is 0 Å². The fraction of sp³-hybridized carbons (Fsp3) is 0.300. The van der Waals surface area contributed by atoms with Crippen molar-refractivity contribution in [1.29, 1.82) is 0 Å². The average molecular weight is 389 g/mol. The zero-order chi connectivity index (χ0) is 19.6. The van der Waals surface area contributed by atoms with E-state index in [-0.39, 0.29) is 5.69 Å². The minimum atomic E-state index is -1.03. The smallest absolute Gasteiger partial charge is 0.354 e. The van der Waals surface area contributed by atoms with Gasteiger partial charge in [0, 0.05) is 24.1 Å². The van der Waals surface area contributed by atoms with Gasteiger partial charge in [-0.25, -0.2) is 4.79 Å². The molecule has 0 saturated heterocycles. The molecule has 0 aliphatic carbocycles. The Morgan fingerprint density at radius 3 is 2.52 bits per heavy atom. The monoisotopic (exact) mass is 388 g/mol. The highest BCUT2D eigenvalue weighted by Crippen LogP contribution is 2.26. The van der Waals surface area contributed by atoms with Gasteiger partial charge in [0.15, 0.2) is 5.76 Å². The summed E-state index contributed by atoms with van der Waals surface area (Å²) in [6.45, 7) is 6.56. The van der Waals surface area contributed by atoms with E-state index in [0.29, 0.717) is 31.0 Å². The molecule has 0 fully saturated rings. The lowest BCUT2D eigenvalue weighted by molar-refractivity contribution is 0.0682. The Labute approximate surface area is 162 Å². The summed E-state index contributed by atoms with van der Waals surface area (Å²) in [4.78, 5) is 11.5. The van der Waals surface area contributed by atoms with Gasteiger partial charge in [0.1, 0.15) is 22.9 Å². The first kappa shape index (κ1) is 19.0. The number of ether oxygens (including phenoxy) is 1. The molecule has 1 aromatic carbocycles. The van der Waals surface area contributed by atoms with Crippen molar-refractivity contribution in [2.24, 2.45) is 0 Å². The molecule has 0 unspecified atom stereocenters. The Morgan fingerprint density at radius 2 is 1.93 bits per heavy atom. The molecule has 0 saturated carbocycles. The highest BCUT2D eigenvalue weighted by molar-refractivity contribution is 6.32. The van der Waals surface area contributed by atoms with Gasteiger partial charge in [0.25, 0.3) is 0 Å². The largest absolute Gasteiger partial charge is 0.494 e. The normalized spacial score (nSPS) is 11.0. The van der Waals surface area contributed by atoms with Crippen molar-refractivity contribution in [3.05, 3.63) is 57.9 Å². The molecule has 0 atom stereocenters. The number of hydrogen-bond acceptors (Lipinski definition) is 4. The van der Waals surface area contributed by atoms with Crippen molar-refractivity contribution in [2.45, 2.75) is 33.7 Å². The quantitative estimate of drug-likeness (QED) is 0.583. The van der Waals surface area contributed by atoms with Crippen molar-refractivity contribution >= 4 is 17.6 Å². The van der Waals surface area contributed by atoms with Gasteiger partial charge in [-0.15, -0.1) is 0 Å². The Bertz CT molecular complexity index is 951. The number of aryl methyl sites for hydroxylation is 4. The molecule has 0 radical (unpaired) electrons. The molecule has 1 N–H and O–H groups in total. The van der Waals surface area contributed by atoms with E-state index in [4.69, 9.17) is 20.8 Å². The molecule has 0 amide bonds. The Balaban J connectivity index is 1.65. The second kappa shape index (κ2) is 7.88. The van der Waals surface area contributed by atoms with Crippen LogP contribution in [-0.2, 0) is 6.54 Å². The number of aromatic nitrogens is 2. The molecule has 142 valence electrons. The summed E-state index contributed by atoms with van der Waals surface area (Å²) in [6, 6.07) is 8.90. The summed E-state index contributed by atoms with van der Waals surface area (Å²) in [5.41, 5.74) is 2.55. The van der Waals surface area contributed by atoms with Crippen LogP contribution in [0.4, 0.5) is 0 Å². The van der Waals surface area contributed by atoms with Crippen molar-refractivity contribution in [3.8, 4) is 17.2 Å². The van der Waals surface area contributed by atoms with Gasteiger partial charge in [-0.2, -0.15) is 5.10 Å². The highest BCUT2D eigenvalue weighted by atomic mass is 35.5. The molecule has 3 aromatic rings. The number of aromatic carboxylic acids is 1. The van der Waals surface area contributed by atoms with Crippen molar-refractivity contribution < 1.29 is 19.1 Å². The number of furan rings is 1. The summed E-state index contributed by atoms with van der Waals surface area (Å²) >= 11 is 6.16. The minimum absolute atomic E-state index is 0.122. The van der Waals surface area contributed by atoms with Crippen LogP contribution in [0.5, 0.6) is 5.75 Å². The molecule has 3 rings (SSSR count). The van der Waals surface area contributed by atoms with Crippen LogP contribution in [0.15, 0.2) is 34.7 Å². The molecule has 6 nitrogen and oxygen atoms in total. The Kier molecular flexibility index (Phi) is 5.56. The van der Waals surface area contributed by atoms with Gasteiger partial charge in [0.2, 0.25) is 0 Å². The first-order valence-electron chi connectivity index (χ1n) is 8.62. The number of halogens is 1. The van der Waals surface area contributed by atoms with Crippen LogP contribution >= 0.6 is 11.6 Å². The Morgan fingerprint density at radius 1 is 1.22 bits per heavy atom. The summed E-state index contributed by atoms with van der Waals surface area (Å²) < 4.78 is 12.8. The number of hydrogen-bond donors (Lipinski definition) is 1. The van der Waals surface area contributed by atoms with Gasteiger partial charge >= 0.3 is 5.97 Å². The highest BCUT2D eigenvalue weighted by Gasteiger charge is 2.17. The lowest BCUT2D eigenvalue weighted by atomic mass is 10.1. The third kappa shape index (κ3) is 4.34. The number of rotatable bonds is 7. The maximum Gasteiger partial charge on any atom is 0.354 e. The van der Waals surface area contributed by atoms with E-state index in [9.17, 15) is 9.90 Å². The van der Waals surface area contributed by atoms with Crippen molar-refractivity contribution in [3.63, 3.8) is 0 Å². The van der Waals surface area contributed by atoms with Crippen LogP contribution in [0.25, 0.3) is 11.5 Å². The SMILES string of the molecule is Cc1ccc(-c2cc(C(=O)O)n(CCCOc3cc(C)c(Cl)c(C)c3)n2)o1. The van der Waals surface area contributed by atoms with Crippen molar-refractivity contribution in [2.75, 3.05) is 6.61 Å². The average Bonchev–Trinajstić information content (AvgIpc) is 3.22. The van der Waals surface area contributed by atoms with Crippen LogP contribution in [0.1, 0.15) is 33.8 Å². The first-order chi connectivity index (χ1) is 12.8. The maximum atomic E-state index is 11.5. The number of carboxylic acid groups (broad SMARTS) is 1. The van der Waals surface area contributed by atoms with E-state index in [1.165, 1.54) is 10.7 Å². The van der Waals surface area contributed by atoms with Crippen LogP contribution in [0.2, 0.25) is 5.02 Å². The lowest BCUT2D eigenvalue weighted by Crippen LogP contribution is -2.12. The Hall–Kier alpha value is -2.73. The molecule has 2 heterocycles. The van der Waals surface area contributed by atoms with Crippen LogP contribution < -0.4 is 4.74 Å². The summed E-state index contributed by atoms with van der Waals surface area (Å²) in [5.74, 6) is 1.03. The molecular formula is C20H21ClN2O4. The van der Waals surface area contributed by atoms with E-state index in [1.807, 2.05) is 39.0 Å².